The van der Waals surface area contributed by atoms with E-state index in [4.69, 9.17) is 0 Å². The molecule has 0 unspecified atom stereocenters. The lowest BCUT2D eigenvalue weighted by molar-refractivity contribution is 0.0954. The van der Waals surface area contributed by atoms with Crippen LogP contribution in [0, 0.1) is 6.92 Å². The van der Waals surface area contributed by atoms with E-state index >= 15 is 0 Å². The Kier molecular flexibility index (Phi) is 4.10. The molecule has 0 saturated carbocycles. The topological polar surface area (TPSA) is 74.6 Å². The summed E-state index contributed by atoms with van der Waals surface area (Å²) in [7, 11) is 0. The Bertz CT molecular complexity index is 651. The molecule has 0 aliphatic carbocycles. The fourth-order valence-electron chi connectivity index (χ4n) is 1.70. The minimum absolute atomic E-state index is 0.132. The van der Waals surface area contributed by atoms with Gasteiger partial charge in [0.15, 0.2) is 0 Å². The first-order valence-electron chi connectivity index (χ1n) is 6.12. The molecule has 1 heterocycles. The number of aromatic nitrogens is 1. The molecule has 1 aromatic heterocycles. The standard InChI is InChI=1S/C15H15N3O2/c1-10-5-6-14(19)13(8-10)11(2)17-18-15(20)12-4-3-7-16-9-12/h3-9,19H,1-2H3,(H,18,20)/b17-11+. The Labute approximate surface area is 117 Å². The maximum Gasteiger partial charge on any atom is 0.272 e. The van der Waals surface area contributed by atoms with Gasteiger partial charge in [-0.3, -0.25) is 9.78 Å². The molecule has 0 aliphatic rings. The highest BCUT2D eigenvalue weighted by Gasteiger charge is 2.07. The van der Waals surface area contributed by atoms with Crippen molar-refractivity contribution in [1.29, 1.82) is 0 Å². The maximum absolute atomic E-state index is 11.8. The summed E-state index contributed by atoms with van der Waals surface area (Å²) in [5.74, 6) is -0.211. The zero-order valence-electron chi connectivity index (χ0n) is 11.3. The van der Waals surface area contributed by atoms with E-state index in [2.05, 4.69) is 15.5 Å². The molecule has 5 heteroatoms. The first-order valence-corrected chi connectivity index (χ1v) is 6.12. The van der Waals surface area contributed by atoms with E-state index in [9.17, 15) is 9.90 Å². The molecular formula is C15H15N3O2. The zero-order valence-corrected chi connectivity index (χ0v) is 11.3. The molecule has 0 atom stereocenters. The smallest absolute Gasteiger partial charge is 0.272 e. The summed E-state index contributed by atoms with van der Waals surface area (Å²) >= 11 is 0. The van der Waals surface area contributed by atoms with Crippen LogP contribution in [0.1, 0.15) is 28.4 Å². The van der Waals surface area contributed by atoms with Crippen LogP contribution in [0.3, 0.4) is 0 Å². The molecule has 0 fully saturated rings. The Balaban J connectivity index is 2.15. The van der Waals surface area contributed by atoms with Gasteiger partial charge in [-0.25, -0.2) is 5.43 Å². The third-order valence-corrected chi connectivity index (χ3v) is 2.79. The summed E-state index contributed by atoms with van der Waals surface area (Å²) < 4.78 is 0. The highest BCUT2D eigenvalue weighted by atomic mass is 16.3. The third-order valence-electron chi connectivity index (χ3n) is 2.79. The molecular weight excluding hydrogens is 254 g/mol. The number of aryl methyl sites for hydroxylation is 1. The predicted octanol–water partition coefficient (Wildman–Crippen LogP) is 2.25. The number of nitrogens with zero attached hydrogens (tertiary/aromatic N) is 2. The number of hydrazone groups is 1. The van der Waals surface area contributed by atoms with Gasteiger partial charge in [-0.05, 0) is 38.1 Å². The van der Waals surface area contributed by atoms with Gasteiger partial charge in [-0.2, -0.15) is 5.10 Å². The molecule has 1 aromatic carbocycles. The molecule has 102 valence electrons. The van der Waals surface area contributed by atoms with Gasteiger partial charge in [0.25, 0.3) is 5.91 Å². The van der Waals surface area contributed by atoms with E-state index in [1.165, 1.54) is 6.20 Å². The van der Waals surface area contributed by atoms with Gasteiger partial charge in [0, 0.05) is 18.0 Å². The van der Waals surface area contributed by atoms with Crippen LogP contribution >= 0.6 is 0 Å². The van der Waals surface area contributed by atoms with E-state index in [0.29, 0.717) is 16.8 Å². The van der Waals surface area contributed by atoms with E-state index in [1.54, 1.807) is 37.4 Å². The monoisotopic (exact) mass is 269 g/mol. The van der Waals surface area contributed by atoms with Crippen LogP contribution in [-0.2, 0) is 0 Å². The quantitative estimate of drug-likeness (QED) is 0.663. The second-order valence-electron chi connectivity index (χ2n) is 4.40. The number of rotatable bonds is 3. The van der Waals surface area contributed by atoms with Crippen LogP contribution in [0.4, 0.5) is 0 Å². The number of phenolic OH excluding ortho intramolecular Hbond substituents is 1. The van der Waals surface area contributed by atoms with Gasteiger partial charge in [0.05, 0.1) is 11.3 Å². The molecule has 2 aromatic rings. The summed E-state index contributed by atoms with van der Waals surface area (Å²) in [6.07, 6.45) is 3.06. The summed E-state index contributed by atoms with van der Waals surface area (Å²) in [6, 6.07) is 8.55. The van der Waals surface area contributed by atoms with Gasteiger partial charge in [-0.1, -0.05) is 11.6 Å². The molecule has 1 amide bonds. The van der Waals surface area contributed by atoms with Crippen LogP contribution in [0.2, 0.25) is 0 Å². The van der Waals surface area contributed by atoms with Crippen molar-refractivity contribution in [3.8, 4) is 5.75 Å². The molecule has 5 nitrogen and oxygen atoms in total. The number of hydrogen-bond acceptors (Lipinski definition) is 4. The van der Waals surface area contributed by atoms with E-state index < -0.39 is 0 Å². The molecule has 0 spiro atoms. The van der Waals surface area contributed by atoms with Crippen molar-refractivity contribution in [1.82, 2.24) is 10.4 Å². The Morgan fingerprint density at radius 3 is 2.85 bits per heavy atom. The lowest BCUT2D eigenvalue weighted by atomic mass is 10.1. The number of nitrogens with one attached hydrogen (secondary N) is 1. The summed E-state index contributed by atoms with van der Waals surface area (Å²) in [6.45, 7) is 3.64. The maximum atomic E-state index is 11.8. The number of carbonyl (C=O) groups excluding carboxylic acids is 1. The van der Waals surface area contributed by atoms with Gasteiger partial charge in [-0.15, -0.1) is 0 Å². The highest BCUT2D eigenvalue weighted by molar-refractivity contribution is 6.02. The fourth-order valence-corrected chi connectivity index (χ4v) is 1.70. The largest absolute Gasteiger partial charge is 0.507 e. The van der Waals surface area contributed by atoms with Crippen molar-refractivity contribution >= 4 is 11.6 Å². The summed E-state index contributed by atoms with van der Waals surface area (Å²) in [4.78, 5) is 15.7. The molecule has 0 saturated heterocycles. The zero-order chi connectivity index (χ0) is 14.5. The van der Waals surface area contributed by atoms with Crippen LogP contribution in [0.15, 0.2) is 47.8 Å². The first-order chi connectivity index (χ1) is 9.58. The number of aromatic hydroxyl groups is 1. The molecule has 20 heavy (non-hydrogen) atoms. The normalized spacial score (nSPS) is 11.2. The van der Waals surface area contributed by atoms with Gasteiger partial charge >= 0.3 is 0 Å². The van der Waals surface area contributed by atoms with Crippen LogP contribution in [0.25, 0.3) is 0 Å². The number of benzene rings is 1. The fraction of sp³-hybridized carbons (Fsp3) is 0.133. The lowest BCUT2D eigenvalue weighted by Gasteiger charge is -2.06. The number of phenols is 1. The molecule has 2 rings (SSSR count). The average molecular weight is 269 g/mol. The Morgan fingerprint density at radius 1 is 1.35 bits per heavy atom. The van der Waals surface area contributed by atoms with Crippen molar-refractivity contribution < 1.29 is 9.90 Å². The molecule has 0 bridgehead atoms. The van der Waals surface area contributed by atoms with Crippen molar-refractivity contribution in [2.24, 2.45) is 5.10 Å². The third kappa shape index (κ3) is 3.20. The van der Waals surface area contributed by atoms with Crippen molar-refractivity contribution in [3.63, 3.8) is 0 Å². The molecule has 2 N–H and O–H groups in total. The number of carbonyl (C=O) groups is 1. The summed E-state index contributed by atoms with van der Waals surface area (Å²) in [5.41, 5.74) is 5.00. The van der Waals surface area contributed by atoms with Crippen molar-refractivity contribution in [2.75, 3.05) is 0 Å². The highest BCUT2D eigenvalue weighted by Crippen LogP contribution is 2.18. The average Bonchev–Trinajstić information content (AvgIpc) is 2.47. The number of amides is 1. The van der Waals surface area contributed by atoms with Crippen LogP contribution in [0.5, 0.6) is 5.75 Å². The second kappa shape index (κ2) is 5.97. The SMILES string of the molecule is C/C(=N\NC(=O)c1cccnc1)c1cc(C)ccc1O. The number of hydrogen-bond donors (Lipinski definition) is 2. The van der Waals surface area contributed by atoms with Gasteiger partial charge in [0.1, 0.15) is 5.75 Å². The van der Waals surface area contributed by atoms with E-state index in [1.807, 2.05) is 13.0 Å². The minimum Gasteiger partial charge on any atom is -0.507 e. The summed E-state index contributed by atoms with van der Waals surface area (Å²) in [5, 5.41) is 13.8. The van der Waals surface area contributed by atoms with Gasteiger partial charge in [0.2, 0.25) is 0 Å². The number of pyridine rings is 1. The van der Waals surface area contributed by atoms with Crippen LogP contribution < -0.4 is 5.43 Å². The van der Waals surface area contributed by atoms with Crippen molar-refractivity contribution in [2.45, 2.75) is 13.8 Å². The van der Waals surface area contributed by atoms with E-state index in [0.717, 1.165) is 5.56 Å². The Morgan fingerprint density at radius 2 is 2.15 bits per heavy atom. The predicted molar refractivity (Wildman–Crippen MR) is 76.8 cm³/mol. The van der Waals surface area contributed by atoms with Crippen LogP contribution in [-0.4, -0.2) is 21.7 Å². The Hall–Kier alpha value is -2.69. The second-order valence-corrected chi connectivity index (χ2v) is 4.40. The first kappa shape index (κ1) is 13.7. The van der Waals surface area contributed by atoms with Crippen molar-refractivity contribution in [3.05, 3.63) is 59.4 Å². The van der Waals surface area contributed by atoms with Gasteiger partial charge < -0.3 is 5.11 Å². The van der Waals surface area contributed by atoms with E-state index in [-0.39, 0.29) is 11.7 Å². The lowest BCUT2D eigenvalue weighted by Crippen LogP contribution is -2.19. The molecule has 0 aliphatic heterocycles. The minimum atomic E-state index is -0.343. The molecule has 0 radical (unpaired) electrons.